The maximum atomic E-state index is 6.94. The monoisotopic (exact) mass is 995 g/mol. The molecular formula is C74H45NO3. The number of hydrogen-bond acceptors (Lipinski definition) is 4. The highest BCUT2D eigenvalue weighted by molar-refractivity contribution is 6.12. The van der Waals surface area contributed by atoms with E-state index in [0.29, 0.717) is 0 Å². The highest BCUT2D eigenvalue weighted by Crippen LogP contribution is 2.64. The van der Waals surface area contributed by atoms with E-state index in [0.717, 1.165) is 107 Å². The van der Waals surface area contributed by atoms with Crippen molar-refractivity contribution in [3.63, 3.8) is 0 Å². The molecule has 0 fully saturated rings. The minimum atomic E-state index is -0.616. The molecule has 2 spiro atoms. The molecule has 17 rings (SSSR count). The van der Waals surface area contributed by atoms with Crippen molar-refractivity contribution in [1.29, 1.82) is 0 Å². The molecule has 0 amide bonds. The largest absolute Gasteiger partial charge is 0.457 e. The lowest BCUT2D eigenvalue weighted by Crippen LogP contribution is -2.32. The number of fused-ring (bicyclic) bond motifs is 21. The zero-order valence-electron chi connectivity index (χ0n) is 42.2. The van der Waals surface area contributed by atoms with Crippen LogP contribution < -0.4 is 14.4 Å². The van der Waals surface area contributed by atoms with Gasteiger partial charge >= 0.3 is 0 Å². The minimum absolute atomic E-state index is 0.516. The summed E-state index contributed by atoms with van der Waals surface area (Å²) in [5.74, 6) is 3.46. The van der Waals surface area contributed by atoms with Gasteiger partial charge in [-0.15, -0.1) is 0 Å². The van der Waals surface area contributed by atoms with Crippen LogP contribution in [0.4, 0.5) is 17.1 Å². The summed E-state index contributed by atoms with van der Waals surface area (Å²) in [6, 6.07) is 98.9. The van der Waals surface area contributed by atoms with Crippen LogP contribution >= 0.6 is 0 Å². The molecule has 0 saturated heterocycles. The van der Waals surface area contributed by atoms with Crippen molar-refractivity contribution in [2.75, 3.05) is 4.90 Å². The van der Waals surface area contributed by atoms with Gasteiger partial charge in [0.2, 0.25) is 0 Å². The van der Waals surface area contributed by atoms with Crippen LogP contribution in [-0.2, 0) is 10.8 Å². The first-order chi connectivity index (χ1) is 38.7. The molecule has 12 aromatic carbocycles. The molecule has 4 aliphatic rings. The predicted octanol–water partition coefficient (Wildman–Crippen LogP) is 19.3. The van der Waals surface area contributed by atoms with E-state index in [1.807, 2.05) is 12.1 Å². The van der Waals surface area contributed by atoms with E-state index in [4.69, 9.17) is 13.9 Å². The molecule has 78 heavy (non-hydrogen) atoms. The zero-order valence-corrected chi connectivity index (χ0v) is 42.2. The van der Waals surface area contributed by atoms with Gasteiger partial charge in [-0.25, -0.2) is 0 Å². The van der Waals surface area contributed by atoms with Crippen molar-refractivity contribution in [1.82, 2.24) is 0 Å². The molecule has 0 bridgehead atoms. The number of anilines is 3. The van der Waals surface area contributed by atoms with E-state index in [1.165, 1.54) is 44.5 Å². The van der Waals surface area contributed by atoms with Gasteiger partial charge in [-0.3, -0.25) is 0 Å². The summed E-state index contributed by atoms with van der Waals surface area (Å²) in [4.78, 5) is 2.38. The molecule has 0 saturated carbocycles. The Labute approximate surface area is 451 Å². The van der Waals surface area contributed by atoms with Crippen molar-refractivity contribution in [3.8, 4) is 67.5 Å². The third-order valence-electron chi connectivity index (χ3n) is 17.2. The summed E-state index contributed by atoms with van der Waals surface area (Å²) in [7, 11) is 0. The summed E-state index contributed by atoms with van der Waals surface area (Å²) in [6.45, 7) is 0. The van der Waals surface area contributed by atoms with Crippen LogP contribution in [0.25, 0.3) is 66.4 Å². The van der Waals surface area contributed by atoms with Gasteiger partial charge in [-0.05, 0) is 140 Å². The molecule has 0 unspecified atom stereocenters. The van der Waals surface area contributed by atoms with E-state index in [9.17, 15) is 0 Å². The van der Waals surface area contributed by atoms with Gasteiger partial charge in [0.15, 0.2) is 0 Å². The SMILES string of the molecule is c1ccc2c(c1)Oc1cc(-c3ccc(N(c4ccc(-c5cccc6oc7ccccc7c56)cc4)c4ccc5c(c4)C4(c6ccccc6O5)c5ccccc5-c5ccccc54)cc3)ccc1C21c2ccccc2-c2ccccc21. The lowest BCUT2D eigenvalue weighted by molar-refractivity contribution is 0.436. The van der Waals surface area contributed by atoms with Crippen molar-refractivity contribution < 1.29 is 13.9 Å². The highest BCUT2D eigenvalue weighted by Gasteiger charge is 2.52. The second-order valence-corrected chi connectivity index (χ2v) is 21.0. The van der Waals surface area contributed by atoms with Gasteiger partial charge in [0.05, 0.1) is 10.8 Å². The van der Waals surface area contributed by atoms with Gasteiger partial charge in [-0.2, -0.15) is 0 Å². The third kappa shape index (κ3) is 5.78. The van der Waals surface area contributed by atoms with Gasteiger partial charge in [0, 0.05) is 50.1 Å². The quantitative estimate of drug-likeness (QED) is 0.172. The first-order valence-corrected chi connectivity index (χ1v) is 26.8. The second-order valence-electron chi connectivity index (χ2n) is 21.0. The fraction of sp³-hybridized carbons (Fsp3) is 0.0270. The van der Waals surface area contributed by atoms with E-state index in [2.05, 4.69) is 266 Å². The van der Waals surface area contributed by atoms with E-state index < -0.39 is 10.8 Å². The fourth-order valence-corrected chi connectivity index (χ4v) is 14.1. The summed E-state index contributed by atoms with van der Waals surface area (Å²) in [5, 5.41) is 2.23. The molecule has 13 aromatic rings. The second kappa shape index (κ2) is 16.2. The molecule has 0 atom stereocenters. The fourth-order valence-electron chi connectivity index (χ4n) is 14.1. The van der Waals surface area contributed by atoms with Crippen LogP contribution in [-0.4, -0.2) is 0 Å². The van der Waals surface area contributed by atoms with E-state index >= 15 is 0 Å². The Bertz CT molecular complexity index is 4550. The van der Waals surface area contributed by atoms with Gasteiger partial charge in [-0.1, -0.05) is 200 Å². The Morgan fingerprint density at radius 1 is 0.256 bits per heavy atom. The Kier molecular flexibility index (Phi) is 8.94. The van der Waals surface area contributed by atoms with Gasteiger partial charge < -0.3 is 18.8 Å². The molecule has 2 aliphatic heterocycles. The number of furan rings is 1. The highest BCUT2D eigenvalue weighted by atomic mass is 16.5. The Hall–Kier alpha value is -10.2. The molecule has 3 heterocycles. The molecule has 0 N–H and O–H groups in total. The first-order valence-electron chi connectivity index (χ1n) is 26.8. The summed E-state index contributed by atoms with van der Waals surface area (Å²) >= 11 is 0. The molecular weight excluding hydrogens is 951 g/mol. The summed E-state index contributed by atoms with van der Waals surface area (Å²) < 4.78 is 20.2. The zero-order chi connectivity index (χ0) is 51.1. The number of ether oxygens (including phenoxy) is 2. The number of para-hydroxylation sites is 3. The lowest BCUT2D eigenvalue weighted by atomic mass is 9.66. The van der Waals surface area contributed by atoms with Crippen molar-refractivity contribution in [2.45, 2.75) is 10.8 Å². The normalized spacial score (nSPS) is 14.1. The predicted molar refractivity (Wildman–Crippen MR) is 314 cm³/mol. The summed E-state index contributed by atoms with van der Waals surface area (Å²) in [5.41, 5.74) is 22.8. The molecule has 2 aliphatic carbocycles. The summed E-state index contributed by atoms with van der Waals surface area (Å²) in [6.07, 6.45) is 0. The smallest absolute Gasteiger partial charge is 0.136 e. The number of benzene rings is 12. The number of nitrogens with zero attached hydrogens (tertiary/aromatic N) is 1. The Morgan fingerprint density at radius 2 is 0.679 bits per heavy atom. The average Bonchev–Trinajstić information content (AvgIpc) is 4.32. The topological polar surface area (TPSA) is 34.8 Å². The van der Waals surface area contributed by atoms with Gasteiger partial charge in [0.25, 0.3) is 0 Å². The molecule has 4 nitrogen and oxygen atoms in total. The van der Waals surface area contributed by atoms with Crippen LogP contribution in [0.1, 0.15) is 44.5 Å². The van der Waals surface area contributed by atoms with E-state index in [1.54, 1.807) is 0 Å². The maximum absolute atomic E-state index is 6.94. The third-order valence-corrected chi connectivity index (χ3v) is 17.2. The molecule has 0 radical (unpaired) electrons. The van der Waals surface area contributed by atoms with Gasteiger partial charge in [0.1, 0.15) is 34.2 Å². The maximum Gasteiger partial charge on any atom is 0.136 e. The Balaban J connectivity index is 0.823. The van der Waals surface area contributed by atoms with Crippen LogP contribution in [0.15, 0.2) is 277 Å². The minimum Gasteiger partial charge on any atom is -0.457 e. The standard InChI is InChI=1S/C74H45NO3/c1-6-22-58-53(16-1)54-17-2-7-23-59(54)73(58)62-26-10-14-30-68(62)78-71-44-48(36-42-64(71)73)46-32-37-49(38-33-46)75(50-39-34-47(35-40-50)52-21-15-31-70-72(52)57-20-5-12-28-66(57)76-70)51-41-43-69-65(45-51)74(63-27-11-13-29-67(63)77-69)60-24-8-3-18-55(60)56-19-4-9-25-61(56)74/h1-45H. The number of hydrogen-bond donors (Lipinski definition) is 0. The Morgan fingerprint density at radius 3 is 1.28 bits per heavy atom. The average molecular weight is 996 g/mol. The van der Waals surface area contributed by atoms with Crippen LogP contribution in [0.2, 0.25) is 0 Å². The van der Waals surface area contributed by atoms with Crippen molar-refractivity contribution in [3.05, 3.63) is 317 Å². The van der Waals surface area contributed by atoms with Crippen LogP contribution in [0.3, 0.4) is 0 Å². The molecule has 364 valence electrons. The van der Waals surface area contributed by atoms with E-state index in [-0.39, 0.29) is 0 Å². The first kappa shape index (κ1) is 43.1. The van der Waals surface area contributed by atoms with Crippen LogP contribution in [0.5, 0.6) is 23.0 Å². The van der Waals surface area contributed by atoms with Crippen molar-refractivity contribution >= 4 is 39.0 Å². The number of rotatable bonds is 5. The van der Waals surface area contributed by atoms with Crippen molar-refractivity contribution in [2.24, 2.45) is 0 Å². The molecule has 4 heteroatoms. The molecule has 1 aromatic heterocycles. The van der Waals surface area contributed by atoms with Crippen LogP contribution in [0, 0.1) is 0 Å². The lowest BCUT2D eigenvalue weighted by Gasteiger charge is -2.40.